The normalized spacial score (nSPS) is 10.6. The quantitative estimate of drug-likeness (QED) is 0.661. The summed E-state index contributed by atoms with van der Waals surface area (Å²) in [5, 5.41) is 0. The number of rotatable bonds is 2. The Hall–Kier alpha value is -0.650. The van der Waals surface area contributed by atoms with E-state index in [1.54, 1.807) is 12.1 Å². The van der Waals surface area contributed by atoms with Crippen LogP contribution in [0, 0.1) is 0 Å². The molecule has 0 aromatic heterocycles. The molecule has 0 radical (unpaired) electrons. The van der Waals surface area contributed by atoms with Crippen molar-refractivity contribution in [1.29, 1.82) is 0 Å². The monoisotopic (exact) mass is 258 g/mol. The molecule has 0 amide bonds. The van der Waals surface area contributed by atoms with Crippen molar-refractivity contribution in [3.05, 3.63) is 54.6 Å². The summed E-state index contributed by atoms with van der Waals surface area (Å²) in [5.74, 6) is 0. The van der Waals surface area contributed by atoms with Crippen LogP contribution in [-0.2, 0) is 10.1 Å². The molecule has 0 unspecified atom stereocenters. The Balaban J connectivity index is 0.00000144. The number of benzene rings is 2. The Morgan fingerprint density at radius 3 is 2.00 bits per heavy atom. The Bertz CT molecular complexity index is 594. The van der Waals surface area contributed by atoms with E-state index in [9.17, 15) is 8.42 Å². The zero-order valence-electron chi connectivity index (χ0n) is 8.37. The summed E-state index contributed by atoms with van der Waals surface area (Å²) in [6.45, 7) is 0. The van der Waals surface area contributed by atoms with Crippen LogP contribution < -0.4 is 0 Å². The molecule has 0 bridgehead atoms. The van der Waals surface area contributed by atoms with Crippen LogP contribution in [-0.4, -0.2) is 42.5 Å². The van der Waals surface area contributed by atoms with E-state index < -0.39 is 10.1 Å². The molecule has 0 aliphatic heterocycles. The average Bonchev–Trinajstić information content (AvgIpc) is 2.29. The molecule has 0 fully saturated rings. The van der Waals surface area contributed by atoms with Gasteiger partial charge in [0.05, 0.1) is 4.90 Å². The van der Waals surface area contributed by atoms with E-state index in [1.165, 1.54) is 12.1 Å². The Kier molecular flexibility index (Phi) is 4.91. The molecular weight excluding hydrogens is 247 g/mol. The van der Waals surface area contributed by atoms with Crippen molar-refractivity contribution in [1.82, 2.24) is 0 Å². The van der Waals surface area contributed by atoms with Gasteiger partial charge in [-0.05, 0) is 23.3 Å². The first-order valence-corrected chi connectivity index (χ1v) is 6.14. The summed E-state index contributed by atoms with van der Waals surface area (Å²) in [6.07, 6.45) is 0. The molecule has 2 aromatic rings. The van der Waals surface area contributed by atoms with Gasteiger partial charge in [0.25, 0.3) is 10.1 Å². The zero-order valence-corrected chi connectivity index (χ0v) is 9.18. The van der Waals surface area contributed by atoms with E-state index in [0.29, 0.717) is 0 Å². The predicted octanol–water partition coefficient (Wildman–Crippen LogP) is 1.95. The first-order valence-electron chi connectivity index (χ1n) is 4.70. The number of hydrogen-bond acceptors (Lipinski definition) is 2. The van der Waals surface area contributed by atoms with Crippen LogP contribution in [0.5, 0.6) is 0 Å². The first kappa shape index (κ1) is 14.4. The van der Waals surface area contributed by atoms with E-state index in [0.717, 1.165) is 11.1 Å². The summed E-state index contributed by atoms with van der Waals surface area (Å²) >= 11 is 0. The van der Waals surface area contributed by atoms with Gasteiger partial charge in [0.1, 0.15) is 0 Å². The van der Waals surface area contributed by atoms with Gasteiger partial charge in [-0.15, -0.1) is 0 Å². The van der Waals surface area contributed by atoms with Crippen molar-refractivity contribution in [3.63, 3.8) is 0 Å². The second-order valence-corrected chi connectivity index (χ2v) is 4.79. The van der Waals surface area contributed by atoms with Crippen LogP contribution in [0.15, 0.2) is 59.5 Å². The molecule has 84 valence electrons. The van der Waals surface area contributed by atoms with Gasteiger partial charge in [-0.2, -0.15) is 8.42 Å². The van der Waals surface area contributed by atoms with Crippen molar-refractivity contribution in [2.75, 3.05) is 0 Å². The molecule has 3 nitrogen and oxygen atoms in total. The molecule has 1 N–H and O–H groups in total. The Morgan fingerprint density at radius 1 is 0.824 bits per heavy atom. The summed E-state index contributed by atoms with van der Waals surface area (Å²) in [7, 11) is -4.13. The summed E-state index contributed by atoms with van der Waals surface area (Å²) < 4.78 is 30.9. The van der Waals surface area contributed by atoms with Gasteiger partial charge in [0.2, 0.25) is 0 Å². The third-order valence-corrected chi connectivity index (χ3v) is 3.09. The van der Waals surface area contributed by atoms with Crippen molar-refractivity contribution in [2.45, 2.75) is 4.90 Å². The Morgan fingerprint density at radius 2 is 1.41 bits per heavy atom. The SMILES string of the molecule is O=S(=O)(O)c1cccc(-c2ccccc2)c1.[NaH]. The molecule has 0 saturated heterocycles. The third kappa shape index (κ3) is 3.66. The van der Waals surface area contributed by atoms with E-state index in [1.807, 2.05) is 30.3 Å². The maximum absolute atomic E-state index is 11.0. The fourth-order valence-corrected chi connectivity index (χ4v) is 1.99. The zero-order chi connectivity index (χ0) is 11.6. The van der Waals surface area contributed by atoms with Crippen molar-refractivity contribution in [3.8, 4) is 11.1 Å². The van der Waals surface area contributed by atoms with Gasteiger partial charge < -0.3 is 0 Å². The van der Waals surface area contributed by atoms with Crippen LogP contribution in [0.1, 0.15) is 0 Å². The fourth-order valence-electron chi connectivity index (χ4n) is 1.47. The summed E-state index contributed by atoms with van der Waals surface area (Å²) in [6, 6.07) is 15.6. The molecule has 2 rings (SSSR count). The first-order chi connectivity index (χ1) is 7.57. The van der Waals surface area contributed by atoms with Crippen LogP contribution >= 0.6 is 0 Å². The molecule has 5 heteroatoms. The predicted molar refractivity (Wildman–Crippen MR) is 68.8 cm³/mol. The topological polar surface area (TPSA) is 54.4 Å². The van der Waals surface area contributed by atoms with Crippen LogP contribution in [0.4, 0.5) is 0 Å². The molecule has 0 spiro atoms. The maximum atomic E-state index is 11.0. The van der Waals surface area contributed by atoms with Gasteiger partial charge >= 0.3 is 29.6 Å². The third-order valence-electron chi connectivity index (χ3n) is 2.24. The van der Waals surface area contributed by atoms with Gasteiger partial charge in [0.15, 0.2) is 0 Å². The Labute approximate surface area is 123 Å². The van der Waals surface area contributed by atoms with Crippen molar-refractivity contribution < 1.29 is 13.0 Å². The van der Waals surface area contributed by atoms with E-state index in [-0.39, 0.29) is 34.5 Å². The molecule has 2 aromatic carbocycles. The molecule has 0 heterocycles. The second-order valence-electron chi connectivity index (χ2n) is 3.37. The molecule has 0 atom stereocenters. The molecule has 17 heavy (non-hydrogen) atoms. The van der Waals surface area contributed by atoms with E-state index >= 15 is 0 Å². The summed E-state index contributed by atoms with van der Waals surface area (Å²) in [5.41, 5.74) is 1.67. The molecule has 0 aliphatic carbocycles. The van der Waals surface area contributed by atoms with Crippen LogP contribution in [0.2, 0.25) is 0 Å². The molecule has 0 aliphatic rings. The summed E-state index contributed by atoms with van der Waals surface area (Å²) in [4.78, 5) is -0.0890. The van der Waals surface area contributed by atoms with Crippen LogP contribution in [0.25, 0.3) is 11.1 Å². The standard InChI is InChI=1S/C12H10O3S.Na.H/c13-16(14,15)12-8-4-7-11(9-12)10-5-2-1-3-6-10;;/h1-9H,(H,13,14,15);;. The molecular formula is C12H11NaO3S. The van der Waals surface area contributed by atoms with Gasteiger partial charge in [0, 0.05) is 0 Å². The number of hydrogen-bond donors (Lipinski definition) is 1. The second kappa shape index (κ2) is 5.80. The van der Waals surface area contributed by atoms with Crippen molar-refractivity contribution in [2.24, 2.45) is 0 Å². The molecule has 0 saturated carbocycles. The minimum atomic E-state index is -4.13. The average molecular weight is 258 g/mol. The fraction of sp³-hybridized carbons (Fsp3) is 0. The van der Waals surface area contributed by atoms with Crippen LogP contribution in [0.3, 0.4) is 0 Å². The van der Waals surface area contributed by atoms with Gasteiger partial charge in [-0.3, -0.25) is 4.55 Å². The van der Waals surface area contributed by atoms with Gasteiger partial charge in [-0.25, -0.2) is 0 Å². The van der Waals surface area contributed by atoms with E-state index in [2.05, 4.69) is 0 Å². The van der Waals surface area contributed by atoms with Crippen molar-refractivity contribution >= 4 is 39.7 Å². The van der Waals surface area contributed by atoms with Gasteiger partial charge in [-0.1, -0.05) is 42.5 Å². The minimum absolute atomic E-state index is 0. The van der Waals surface area contributed by atoms with E-state index in [4.69, 9.17) is 4.55 Å².